The molecule has 20 heavy (non-hydrogen) atoms. The third-order valence-corrected chi connectivity index (χ3v) is 2.03. The number of carbonyl (C=O) groups excluding carboxylic acids is 1. The smallest absolute Gasteiger partial charge is 0.335 e. The predicted octanol–water partition coefficient (Wildman–Crippen LogP) is -1.41. The molecule has 8 heteroatoms. The summed E-state index contributed by atoms with van der Waals surface area (Å²) in [5.41, 5.74) is 5.95. The number of carbonyl (C=O) groups is 3. The summed E-state index contributed by atoms with van der Waals surface area (Å²) in [4.78, 5) is 29.9. The molecule has 0 aliphatic carbocycles. The number of aliphatic hydroxyl groups is 2. The highest BCUT2D eigenvalue weighted by Gasteiger charge is 2.29. The number of aliphatic carboxylic acids is 2. The van der Waals surface area contributed by atoms with Crippen molar-refractivity contribution >= 4 is 17.8 Å². The number of carboxylic acids is 2. The van der Waals surface area contributed by atoms with Gasteiger partial charge >= 0.3 is 11.9 Å². The fourth-order valence-electron chi connectivity index (χ4n) is 1.07. The van der Waals surface area contributed by atoms with Crippen molar-refractivity contribution in [1.29, 1.82) is 0 Å². The van der Waals surface area contributed by atoms with Crippen LogP contribution in [0.1, 0.15) is 5.56 Å². The van der Waals surface area contributed by atoms with E-state index in [4.69, 9.17) is 26.2 Å². The molecule has 0 aromatic heterocycles. The molecule has 0 radical (unpaired) electrons. The Morgan fingerprint density at radius 1 is 0.950 bits per heavy atom. The molecule has 1 aromatic rings. The number of rotatable bonds is 5. The van der Waals surface area contributed by atoms with Crippen LogP contribution in [0.3, 0.4) is 0 Å². The van der Waals surface area contributed by atoms with Crippen LogP contribution in [0.4, 0.5) is 0 Å². The van der Waals surface area contributed by atoms with Crippen LogP contribution in [0.15, 0.2) is 30.3 Å². The number of hydrogen-bond acceptors (Lipinski definition) is 5. The molecule has 0 spiro atoms. The van der Waals surface area contributed by atoms with E-state index in [1.807, 2.05) is 30.3 Å². The molecule has 6 N–H and O–H groups in total. The van der Waals surface area contributed by atoms with Crippen LogP contribution in [0.25, 0.3) is 0 Å². The lowest BCUT2D eigenvalue weighted by molar-refractivity contribution is -0.165. The van der Waals surface area contributed by atoms with Crippen LogP contribution >= 0.6 is 0 Å². The number of amides is 1. The second-order valence-corrected chi connectivity index (χ2v) is 3.69. The zero-order valence-corrected chi connectivity index (χ0v) is 10.3. The second kappa shape index (κ2) is 8.62. The number of benzene rings is 1. The Hall–Kier alpha value is -2.45. The largest absolute Gasteiger partial charge is 0.479 e. The van der Waals surface area contributed by atoms with Crippen molar-refractivity contribution in [2.24, 2.45) is 5.73 Å². The van der Waals surface area contributed by atoms with E-state index < -0.39 is 24.1 Å². The van der Waals surface area contributed by atoms with Crippen LogP contribution in [0.5, 0.6) is 0 Å². The number of nitrogens with two attached hydrogens (primary N) is 1. The van der Waals surface area contributed by atoms with Crippen molar-refractivity contribution in [2.75, 3.05) is 0 Å². The summed E-state index contributed by atoms with van der Waals surface area (Å²) in [6.45, 7) is 0. The van der Waals surface area contributed by atoms with Gasteiger partial charge in [0.25, 0.3) is 0 Å². The van der Waals surface area contributed by atoms with Crippen molar-refractivity contribution in [1.82, 2.24) is 0 Å². The number of aliphatic hydroxyl groups excluding tert-OH is 2. The molecule has 110 valence electrons. The third kappa shape index (κ3) is 7.09. The first-order valence-corrected chi connectivity index (χ1v) is 5.39. The van der Waals surface area contributed by atoms with Gasteiger partial charge in [0.15, 0.2) is 12.2 Å². The van der Waals surface area contributed by atoms with E-state index in [-0.39, 0.29) is 5.91 Å². The van der Waals surface area contributed by atoms with E-state index in [0.29, 0.717) is 6.42 Å². The van der Waals surface area contributed by atoms with Crippen molar-refractivity contribution in [2.45, 2.75) is 18.6 Å². The standard InChI is InChI=1S/C8H9NO.C4H6O6/c9-8(10)6-7-4-2-1-3-5-7;5-1(3(7)8)2(6)4(9)10/h1-5H,6H2,(H2,9,10);1-2,5-6H,(H,7,8)(H,9,10). The van der Waals surface area contributed by atoms with Gasteiger partial charge in [-0.25, -0.2) is 9.59 Å². The van der Waals surface area contributed by atoms with Gasteiger partial charge in [-0.1, -0.05) is 30.3 Å². The van der Waals surface area contributed by atoms with Crippen molar-refractivity contribution in [3.63, 3.8) is 0 Å². The molecule has 0 fully saturated rings. The van der Waals surface area contributed by atoms with E-state index >= 15 is 0 Å². The first-order valence-electron chi connectivity index (χ1n) is 5.39. The predicted molar refractivity (Wildman–Crippen MR) is 66.6 cm³/mol. The fraction of sp³-hybridized carbons (Fsp3) is 0.250. The minimum absolute atomic E-state index is 0.286. The highest BCUT2D eigenvalue weighted by molar-refractivity contribution is 5.83. The quantitative estimate of drug-likeness (QED) is 0.444. The molecule has 1 aromatic carbocycles. The van der Waals surface area contributed by atoms with E-state index in [1.54, 1.807) is 0 Å². The maximum Gasteiger partial charge on any atom is 0.335 e. The summed E-state index contributed by atoms with van der Waals surface area (Å²) in [6.07, 6.45) is -4.20. The Kier molecular flexibility index (Phi) is 7.56. The first-order chi connectivity index (χ1) is 9.25. The van der Waals surface area contributed by atoms with E-state index in [1.165, 1.54) is 0 Å². The Morgan fingerprint density at radius 3 is 1.65 bits per heavy atom. The first kappa shape index (κ1) is 17.6. The summed E-state index contributed by atoms with van der Waals surface area (Å²) in [5, 5.41) is 32.5. The third-order valence-electron chi connectivity index (χ3n) is 2.03. The number of primary amides is 1. The molecule has 0 heterocycles. The van der Waals surface area contributed by atoms with E-state index in [2.05, 4.69) is 0 Å². The Morgan fingerprint density at radius 2 is 1.35 bits per heavy atom. The molecule has 0 aliphatic rings. The van der Waals surface area contributed by atoms with Gasteiger partial charge in [-0.2, -0.15) is 0 Å². The van der Waals surface area contributed by atoms with Crippen LogP contribution in [-0.4, -0.2) is 50.5 Å². The molecular weight excluding hydrogens is 270 g/mol. The maximum atomic E-state index is 10.4. The monoisotopic (exact) mass is 285 g/mol. The number of carboxylic acid groups (broad SMARTS) is 2. The molecular formula is C12H15NO7. The van der Waals surface area contributed by atoms with Crippen LogP contribution < -0.4 is 5.73 Å². The maximum absolute atomic E-state index is 10.4. The molecule has 0 aliphatic heterocycles. The summed E-state index contributed by atoms with van der Waals surface area (Å²) in [5.74, 6) is -3.82. The second-order valence-electron chi connectivity index (χ2n) is 3.69. The van der Waals surface area contributed by atoms with Crippen LogP contribution in [0.2, 0.25) is 0 Å². The zero-order chi connectivity index (χ0) is 15.7. The molecule has 2 atom stereocenters. The van der Waals surface area contributed by atoms with Gasteiger partial charge in [0.1, 0.15) is 0 Å². The molecule has 1 amide bonds. The Labute approximate surface area is 114 Å². The average Bonchev–Trinajstić information content (AvgIpc) is 2.38. The van der Waals surface area contributed by atoms with Crippen LogP contribution in [-0.2, 0) is 20.8 Å². The summed E-state index contributed by atoms with van der Waals surface area (Å²) in [7, 11) is 0. The molecule has 2 unspecified atom stereocenters. The van der Waals surface area contributed by atoms with Gasteiger partial charge < -0.3 is 26.2 Å². The van der Waals surface area contributed by atoms with Gasteiger partial charge in [0.2, 0.25) is 5.91 Å². The molecule has 0 saturated heterocycles. The SMILES string of the molecule is NC(=O)Cc1ccccc1.O=C(O)C(O)C(O)C(=O)O. The molecule has 0 saturated carbocycles. The summed E-state index contributed by atoms with van der Waals surface area (Å²) in [6, 6.07) is 9.44. The highest BCUT2D eigenvalue weighted by Crippen LogP contribution is 1.97. The van der Waals surface area contributed by atoms with Crippen molar-refractivity contribution < 1.29 is 34.8 Å². The summed E-state index contributed by atoms with van der Waals surface area (Å²) < 4.78 is 0. The van der Waals surface area contributed by atoms with Crippen molar-refractivity contribution in [3.8, 4) is 0 Å². The fourth-order valence-corrected chi connectivity index (χ4v) is 1.07. The lowest BCUT2D eigenvalue weighted by Gasteiger charge is -2.07. The zero-order valence-electron chi connectivity index (χ0n) is 10.3. The highest BCUT2D eigenvalue weighted by atomic mass is 16.4. The molecule has 8 nitrogen and oxygen atoms in total. The van der Waals surface area contributed by atoms with Gasteiger partial charge in [-0.3, -0.25) is 4.79 Å². The molecule has 1 rings (SSSR count). The minimum atomic E-state index is -2.27. The Balaban J connectivity index is 0.000000361. The Bertz CT molecular complexity index is 442. The van der Waals surface area contributed by atoms with Gasteiger partial charge in [-0.15, -0.1) is 0 Å². The molecule has 0 bridgehead atoms. The average molecular weight is 285 g/mol. The number of hydrogen-bond donors (Lipinski definition) is 5. The van der Waals surface area contributed by atoms with Gasteiger partial charge in [0.05, 0.1) is 6.42 Å². The van der Waals surface area contributed by atoms with E-state index in [9.17, 15) is 14.4 Å². The van der Waals surface area contributed by atoms with E-state index in [0.717, 1.165) is 5.56 Å². The minimum Gasteiger partial charge on any atom is -0.479 e. The van der Waals surface area contributed by atoms with Gasteiger partial charge in [0, 0.05) is 0 Å². The van der Waals surface area contributed by atoms with Crippen LogP contribution in [0, 0.1) is 0 Å². The van der Waals surface area contributed by atoms with Gasteiger partial charge in [-0.05, 0) is 5.56 Å². The summed E-state index contributed by atoms with van der Waals surface area (Å²) >= 11 is 0. The lowest BCUT2D eigenvalue weighted by Crippen LogP contribution is -2.39. The normalized spacial score (nSPS) is 12.5. The lowest BCUT2D eigenvalue weighted by atomic mass is 10.1. The van der Waals surface area contributed by atoms with Crippen molar-refractivity contribution in [3.05, 3.63) is 35.9 Å². The topological polar surface area (TPSA) is 158 Å².